The highest BCUT2D eigenvalue weighted by molar-refractivity contribution is 5.78. The molecule has 0 radical (unpaired) electrons. The second-order valence-electron chi connectivity index (χ2n) is 7.67. The Morgan fingerprint density at radius 1 is 1.32 bits per heavy atom. The maximum Gasteiger partial charge on any atom is 0.234 e. The number of carbonyl (C=O) groups is 1. The molecule has 0 atom stereocenters. The van der Waals surface area contributed by atoms with Gasteiger partial charge >= 0.3 is 0 Å². The second kappa shape index (κ2) is 8.28. The van der Waals surface area contributed by atoms with Gasteiger partial charge < -0.3 is 10.6 Å². The number of likely N-dealkylation sites (N-methyl/N-ethyl adjacent to an activating group) is 1. The van der Waals surface area contributed by atoms with Crippen LogP contribution in [0.2, 0.25) is 0 Å². The minimum Gasteiger partial charge on any atom is -0.354 e. The van der Waals surface area contributed by atoms with E-state index in [1.165, 1.54) is 6.07 Å². The molecule has 1 aliphatic heterocycles. The fourth-order valence-electron chi connectivity index (χ4n) is 4.36. The number of hydrogen-bond donors (Lipinski definition) is 2. The molecule has 1 heterocycles. The zero-order chi connectivity index (χ0) is 17.7. The largest absolute Gasteiger partial charge is 0.354 e. The second-order valence-corrected chi connectivity index (χ2v) is 7.67. The molecule has 4 nitrogen and oxygen atoms in total. The highest BCUT2D eigenvalue weighted by Crippen LogP contribution is 2.40. The standard InChI is InChI=1S/C20H30FN3O/c1-24(18-7-11-22-12-8-18)14-19(25)23-15-20(9-2-3-10-20)16-5-4-6-17(21)13-16/h4-6,13,18,22H,2-3,7-12,14-15H2,1H3,(H,23,25). The molecular formula is C20H30FN3O. The topological polar surface area (TPSA) is 44.4 Å². The van der Waals surface area contributed by atoms with Crippen LogP contribution in [0, 0.1) is 5.82 Å². The van der Waals surface area contributed by atoms with Gasteiger partial charge in [0.25, 0.3) is 0 Å². The minimum absolute atomic E-state index is 0.0729. The Labute approximate surface area is 150 Å². The molecule has 2 N–H and O–H groups in total. The van der Waals surface area contributed by atoms with Crippen molar-refractivity contribution in [3.05, 3.63) is 35.6 Å². The van der Waals surface area contributed by atoms with Crippen LogP contribution in [0.5, 0.6) is 0 Å². The number of nitrogens with one attached hydrogen (secondary N) is 2. The molecule has 0 unspecified atom stereocenters. The van der Waals surface area contributed by atoms with E-state index in [-0.39, 0.29) is 17.1 Å². The Morgan fingerprint density at radius 3 is 2.72 bits per heavy atom. The fraction of sp³-hybridized carbons (Fsp3) is 0.650. The third-order valence-electron chi connectivity index (χ3n) is 5.95. The highest BCUT2D eigenvalue weighted by atomic mass is 19.1. The fourth-order valence-corrected chi connectivity index (χ4v) is 4.36. The number of carbonyl (C=O) groups excluding carboxylic acids is 1. The monoisotopic (exact) mass is 347 g/mol. The predicted octanol–water partition coefficient (Wildman–Crippen LogP) is 2.44. The SMILES string of the molecule is CN(CC(=O)NCC1(c2cccc(F)c2)CCCC1)C1CCNCC1. The Morgan fingerprint density at radius 2 is 2.04 bits per heavy atom. The summed E-state index contributed by atoms with van der Waals surface area (Å²) in [5, 5.41) is 6.49. The molecule has 1 aromatic rings. The van der Waals surface area contributed by atoms with E-state index in [4.69, 9.17) is 0 Å². The van der Waals surface area contributed by atoms with Gasteiger partial charge in [0.2, 0.25) is 5.91 Å². The molecule has 2 aliphatic rings. The summed E-state index contributed by atoms with van der Waals surface area (Å²) in [6, 6.07) is 7.38. The van der Waals surface area contributed by atoms with Crippen LogP contribution in [-0.2, 0) is 10.2 Å². The van der Waals surface area contributed by atoms with E-state index in [1.54, 1.807) is 12.1 Å². The lowest BCUT2D eigenvalue weighted by molar-refractivity contribution is -0.122. The maximum atomic E-state index is 13.7. The number of halogens is 1. The van der Waals surface area contributed by atoms with Crippen molar-refractivity contribution < 1.29 is 9.18 Å². The number of hydrogen-bond acceptors (Lipinski definition) is 3. The van der Waals surface area contributed by atoms with Gasteiger partial charge in [-0.15, -0.1) is 0 Å². The van der Waals surface area contributed by atoms with Crippen molar-refractivity contribution >= 4 is 5.91 Å². The lowest BCUT2D eigenvalue weighted by Crippen LogP contribution is -2.47. The van der Waals surface area contributed by atoms with Crippen molar-refractivity contribution in [2.45, 2.75) is 50.0 Å². The van der Waals surface area contributed by atoms with Crippen LogP contribution in [0.25, 0.3) is 0 Å². The Balaban J connectivity index is 1.57. The van der Waals surface area contributed by atoms with Crippen LogP contribution in [0.4, 0.5) is 4.39 Å². The Kier molecular flexibility index (Phi) is 6.07. The first-order valence-electron chi connectivity index (χ1n) is 9.53. The molecule has 0 spiro atoms. The van der Waals surface area contributed by atoms with Gasteiger partial charge in [-0.2, -0.15) is 0 Å². The first-order chi connectivity index (χ1) is 12.1. The first kappa shape index (κ1) is 18.3. The zero-order valence-corrected chi connectivity index (χ0v) is 15.2. The maximum absolute atomic E-state index is 13.7. The van der Waals surface area contributed by atoms with E-state index in [2.05, 4.69) is 15.5 Å². The summed E-state index contributed by atoms with van der Waals surface area (Å²) in [7, 11) is 2.04. The van der Waals surface area contributed by atoms with Crippen molar-refractivity contribution in [1.82, 2.24) is 15.5 Å². The van der Waals surface area contributed by atoms with Crippen molar-refractivity contribution in [3.63, 3.8) is 0 Å². The van der Waals surface area contributed by atoms with Crippen LogP contribution >= 0.6 is 0 Å². The Bertz CT molecular complexity index is 580. The van der Waals surface area contributed by atoms with E-state index in [0.29, 0.717) is 19.1 Å². The van der Waals surface area contributed by atoms with Crippen LogP contribution < -0.4 is 10.6 Å². The molecule has 1 aromatic carbocycles. The number of amides is 1. The smallest absolute Gasteiger partial charge is 0.234 e. The number of piperidine rings is 1. The predicted molar refractivity (Wildman–Crippen MR) is 98.1 cm³/mol. The van der Waals surface area contributed by atoms with Crippen molar-refractivity contribution in [2.75, 3.05) is 33.2 Å². The summed E-state index contributed by atoms with van der Waals surface area (Å²) in [5.41, 5.74) is 0.919. The van der Waals surface area contributed by atoms with E-state index >= 15 is 0 Å². The molecule has 3 rings (SSSR count). The van der Waals surface area contributed by atoms with Crippen molar-refractivity contribution in [2.24, 2.45) is 0 Å². The van der Waals surface area contributed by atoms with Gasteiger partial charge in [0.05, 0.1) is 6.54 Å². The first-order valence-corrected chi connectivity index (χ1v) is 9.53. The molecule has 1 saturated carbocycles. The molecule has 5 heteroatoms. The summed E-state index contributed by atoms with van der Waals surface area (Å²) < 4.78 is 13.7. The highest BCUT2D eigenvalue weighted by Gasteiger charge is 2.36. The van der Waals surface area contributed by atoms with Gasteiger partial charge in [0.15, 0.2) is 0 Å². The third kappa shape index (κ3) is 4.59. The summed E-state index contributed by atoms with van der Waals surface area (Å²) in [6.45, 7) is 3.10. The quantitative estimate of drug-likeness (QED) is 0.831. The normalized spacial score (nSPS) is 20.8. The lowest BCUT2D eigenvalue weighted by Gasteiger charge is -2.33. The van der Waals surface area contributed by atoms with E-state index in [9.17, 15) is 9.18 Å². The van der Waals surface area contributed by atoms with Gasteiger partial charge in [-0.25, -0.2) is 4.39 Å². The average Bonchev–Trinajstić information content (AvgIpc) is 3.11. The lowest BCUT2D eigenvalue weighted by atomic mass is 9.78. The summed E-state index contributed by atoms with van der Waals surface area (Å²) in [6.07, 6.45) is 6.50. The molecule has 1 saturated heterocycles. The van der Waals surface area contributed by atoms with Crippen LogP contribution in [0.3, 0.4) is 0 Å². The van der Waals surface area contributed by atoms with Gasteiger partial charge in [0, 0.05) is 18.0 Å². The Hall–Kier alpha value is -1.46. The summed E-state index contributed by atoms with van der Waals surface area (Å²) >= 11 is 0. The van der Waals surface area contributed by atoms with E-state index < -0.39 is 0 Å². The third-order valence-corrected chi connectivity index (χ3v) is 5.95. The van der Waals surface area contributed by atoms with Crippen molar-refractivity contribution in [3.8, 4) is 0 Å². The molecule has 0 bridgehead atoms. The van der Waals surface area contributed by atoms with Gasteiger partial charge in [-0.05, 0) is 63.5 Å². The molecule has 1 amide bonds. The summed E-state index contributed by atoms with van der Waals surface area (Å²) in [5.74, 6) is -0.121. The summed E-state index contributed by atoms with van der Waals surface area (Å²) in [4.78, 5) is 14.6. The molecule has 2 fully saturated rings. The van der Waals surface area contributed by atoms with E-state index in [1.807, 2.05) is 13.1 Å². The van der Waals surface area contributed by atoms with Crippen LogP contribution in [0.1, 0.15) is 44.1 Å². The molecule has 0 aromatic heterocycles. The number of rotatable bonds is 6. The van der Waals surface area contributed by atoms with Crippen molar-refractivity contribution in [1.29, 1.82) is 0 Å². The van der Waals surface area contributed by atoms with Gasteiger partial charge in [0.1, 0.15) is 5.82 Å². The van der Waals surface area contributed by atoms with Gasteiger partial charge in [-0.1, -0.05) is 25.0 Å². The van der Waals surface area contributed by atoms with Crippen LogP contribution in [-0.4, -0.2) is 50.1 Å². The molecule has 25 heavy (non-hydrogen) atoms. The molecule has 1 aliphatic carbocycles. The number of benzene rings is 1. The zero-order valence-electron chi connectivity index (χ0n) is 15.2. The minimum atomic E-state index is -0.194. The number of nitrogens with zero attached hydrogens (tertiary/aromatic N) is 1. The molecular weight excluding hydrogens is 317 g/mol. The van der Waals surface area contributed by atoms with E-state index in [0.717, 1.165) is 57.2 Å². The van der Waals surface area contributed by atoms with Gasteiger partial charge in [-0.3, -0.25) is 9.69 Å². The average molecular weight is 347 g/mol. The van der Waals surface area contributed by atoms with Crippen LogP contribution in [0.15, 0.2) is 24.3 Å². The molecule has 138 valence electrons.